The molecular formula is C18H17N6NaO5S3. The van der Waals surface area contributed by atoms with Crippen LogP contribution in [0.3, 0.4) is 0 Å². The second-order valence-electron chi connectivity index (χ2n) is 6.48. The number of fused-ring (bicyclic) bond motifs is 1. The molecule has 0 radical (unpaired) electrons. The van der Waals surface area contributed by atoms with Crippen LogP contribution in [-0.4, -0.2) is 97.3 Å². The van der Waals surface area contributed by atoms with E-state index in [1.54, 1.807) is 23.0 Å². The maximum absolute atomic E-state index is 12.8. The number of nitrogen functional groups attached to an aromatic ring is 1. The molecule has 1 fully saturated rings. The Bertz CT molecular complexity index is 1160. The molecule has 168 valence electrons. The molecule has 2 aromatic rings. The third kappa shape index (κ3) is 5.15. The zero-order chi connectivity index (χ0) is 22.8. The zero-order valence-electron chi connectivity index (χ0n) is 16.4. The number of nitrogens with two attached hydrogens (primary N) is 1. The summed E-state index contributed by atoms with van der Waals surface area (Å²) < 4.78 is 0. The molecule has 2 aliphatic rings. The van der Waals surface area contributed by atoms with E-state index in [2.05, 4.69) is 20.4 Å². The van der Waals surface area contributed by atoms with Gasteiger partial charge in [0.05, 0.1) is 11.2 Å². The molecule has 2 aromatic heterocycles. The predicted octanol–water partition coefficient (Wildman–Crippen LogP) is 0.336. The second kappa shape index (κ2) is 10.8. The van der Waals surface area contributed by atoms with E-state index in [4.69, 9.17) is 10.6 Å². The van der Waals surface area contributed by atoms with Crippen molar-refractivity contribution in [1.29, 1.82) is 0 Å². The number of oxime groups is 1. The fourth-order valence-electron chi connectivity index (χ4n) is 3.16. The fraction of sp³-hybridized carbons (Fsp3) is 0.222. The van der Waals surface area contributed by atoms with Crippen molar-refractivity contribution in [2.75, 3.05) is 18.6 Å². The SMILES string of the molecule is CO/N=C(/C(=O)NC1C(=O)N2C(C(=O)O)=C(/C=C/c3cscn3)CS[C@H]12)c1csc(N)n1.[NaH]. The molecule has 11 nitrogen and oxygen atoms in total. The number of thiazole rings is 2. The first-order valence-corrected chi connectivity index (χ1v) is 11.9. The van der Waals surface area contributed by atoms with Gasteiger partial charge < -0.3 is 21.0 Å². The average Bonchev–Trinajstić information content (AvgIpc) is 3.45. The van der Waals surface area contributed by atoms with Crippen LogP contribution in [0.5, 0.6) is 0 Å². The number of nitrogens with one attached hydrogen (secondary N) is 1. The van der Waals surface area contributed by atoms with Crippen LogP contribution in [0.4, 0.5) is 5.13 Å². The van der Waals surface area contributed by atoms with Gasteiger partial charge in [0.1, 0.15) is 29.9 Å². The number of carboxylic acids is 1. The second-order valence-corrected chi connectivity index (χ2v) is 9.19. The summed E-state index contributed by atoms with van der Waals surface area (Å²) in [5.74, 6) is -2.07. The summed E-state index contributed by atoms with van der Waals surface area (Å²) in [6.45, 7) is 0. The van der Waals surface area contributed by atoms with Crippen LogP contribution in [0.2, 0.25) is 0 Å². The number of nitrogens with zero attached hydrogens (tertiary/aromatic N) is 4. The molecule has 2 atom stereocenters. The minimum atomic E-state index is -1.22. The summed E-state index contributed by atoms with van der Waals surface area (Å²) in [6, 6.07) is -0.913. The van der Waals surface area contributed by atoms with Crippen molar-refractivity contribution in [2.45, 2.75) is 11.4 Å². The molecule has 1 unspecified atom stereocenters. The number of carbonyl (C=O) groups is 3. The van der Waals surface area contributed by atoms with E-state index < -0.39 is 29.2 Å². The zero-order valence-corrected chi connectivity index (χ0v) is 18.9. The van der Waals surface area contributed by atoms with Gasteiger partial charge in [0.2, 0.25) is 0 Å². The molecule has 4 rings (SSSR count). The van der Waals surface area contributed by atoms with Gasteiger partial charge in [0, 0.05) is 16.5 Å². The molecule has 0 aromatic carbocycles. The molecule has 2 aliphatic heterocycles. The van der Waals surface area contributed by atoms with E-state index in [0.717, 1.165) is 11.3 Å². The number of amides is 2. The van der Waals surface area contributed by atoms with Crippen LogP contribution in [0.25, 0.3) is 6.08 Å². The molecule has 4 N–H and O–H groups in total. The molecule has 15 heteroatoms. The van der Waals surface area contributed by atoms with E-state index >= 15 is 0 Å². The minimum absolute atomic E-state index is 0. The van der Waals surface area contributed by atoms with E-state index in [1.165, 1.54) is 35.1 Å². The third-order valence-corrected chi connectivity index (χ3v) is 7.14. The van der Waals surface area contributed by atoms with Crippen LogP contribution in [-0.2, 0) is 19.2 Å². The van der Waals surface area contributed by atoms with Crippen LogP contribution >= 0.6 is 34.4 Å². The van der Waals surface area contributed by atoms with Gasteiger partial charge in [-0.1, -0.05) is 11.2 Å². The number of β-lactam (4-membered cyclic amide) rings is 1. The Morgan fingerprint density at radius 1 is 1.39 bits per heavy atom. The number of aliphatic carboxylic acids is 1. The first kappa shape index (κ1) is 25.4. The Balaban J connectivity index is 0.00000306. The van der Waals surface area contributed by atoms with Crippen molar-refractivity contribution in [3.8, 4) is 0 Å². The predicted molar refractivity (Wildman–Crippen MR) is 128 cm³/mol. The molecule has 33 heavy (non-hydrogen) atoms. The summed E-state index contributed by atoms with van der Waals surface area (Å²) >= 11 is 3.91. The van der Waals surface area contributed by atoms with Crippen molar-refractivity contribution >= 4 is 98.7 Å². The Morgan fingerprint density at radius 3 is 2.79 bits per heavy atom. The molecule has 4 heterocycles. The first-order chi connectivity index (χ1) is 15.4. The van der Waals surface area contributed by atoms with Gasteiger partial charge in [0.25, 0.3) is 11.8 Å². The van der Waals surface area contributed by atoms with Gasteiger partial charge in [-0.25, -0.2) is 14.8 Å². The number of hydrogen-bond donors (Lipinski definition) is 3. The fourth-order valence-corrected chi connectivity index (χ4v) is 5.55. The van der Waals surface area contributed by atoms with Crippen LogP contribution < -0.4 is 11.1 Å². The normalized spacial score (nSPS) is 20.2. The van der Waals surface area contributed by atoms with E-state index in [-0.39, 0.29) is 51.8 Å². The number of rotatable bonds is 7. The number of carboxylic acid groups (broad SMARTS) is 1. The van der Waals surface area contributed by atoms with Crippen LogP contribution in [0.15, 0.2) is 38.8 Å². The molecule has 0 spiro atoms. The van der Waals surface area contributed by atoms with Crippen molar-refractivity contribution in [2.24, 2.45) is 5.16 Å². The van der Waals surface area contributed by atoms with Gasteiger partial charge in [-0.05, 0) is 11.6 Å². The molecule has 1 saturated heterocycles. The molecule has 2 amide bonds. The Labute approximate surface area is 222 Å². The molecular weight excluding hydrogens is 499 g/mol. The summed E-state index contributed by atoms with van der Waals surface area (Å²) in [5.41, 5.74) is 8.46. The quantitative estimate of drug-likeness (QED) is 0.204. The summed E-state index contributed by atoms with van der Waals surface area (Å²) in [7, 11) is 1.28. The number of hydrogen-bond acceptors (Lipinski definition) is 11. The Hall–Kier alpha value is -2.23. The van der Waals surface area contributed by atoms with Crippen molar-refractivity contribution in [3.05, 3.63) is 45.0 Å². The molecule has 0 saturated carbocycles. The average molecular weight is 517 g/mol. The first-order valence-electron chi connectivity index (χ1n) is 9.01. The van der Waals surface area contributed by atoms with Crippen molar-refractivity contribution in [1.82, 2.24) is 20.2 Å². The van der Waals surface area contributed by atoms with Gasteiger partial charge in [-0.15, -0.1) is 34.4 Å². The van der Waals surface area contributed by atoms with Gasteiger partial charge in [0.15, 0.2) is 10.8 Å². The van der Waals surface area contributed by atoms with Gasteiger partial charge >= 0.3 is 35.5 Å². The van der Waals surface area contributed by atoms with E-state index in [1.807, 2.05) is 5.38 Å². The molecule has 0 bridgehead atoms. The summed E-state index contributed by atoms with van der Waals surface area (Å²) in [4.78, 5) is 51.5. The standard InChI is InChI=1S/C18H16N6O5S3.Na.H/c1-29-23-11(10-6-32-18(19)21-10)14(25)22-12-15(26)24-13(17(27)28)8(4-31-16(12)24)2-3-9-5-30-7-20-9;;/h2-3,5-7,12,16H,4H2,1H3,(H2,19,21)(H,22,25)(H,27,28);;/b3-2+,23-11+;;/t12?,16-;;/m1../s1. The molecule has 0 aliphatic carbocycles. The van der Waals surface area contributed by atoms with Gasteiger partial charge in [-0.2, -0.15) is 0 Å². The number of allylic oxidation sites excluding steroid dienone is 1. The van der Waals surface area contributed by atoms with Crippen molar-refractivity contribution < 1.29 is 24.3 Å². The van der Waals surface area contributed by atoms with E-state index in [0.29, 0.717) is 17.0 Å². The van der Waals surface area contributed by atoms with Crippen molar-refractivity contribution in [3.63, 3.8) is 0 Å². The number of carbonyl (C=O) groups excluding carboxylic acids is 2. The monoisotopic (exact) mass is 516 g/mol. The maximum atomic E-state index is 12.8. The van der Waals surface area contributed by atoms with Crippen LogP contribution in [0.1, 0.15) is 11.4 Å². The number of thioether (sulfide) groups is 1. The Morgan fingerprint density at radius 2 is 2.18 bits per heavy atom. The van der Waals surface area contributed by atoms with E-state index in [9.17, 15) is 19.5 Å². The Kier molecular flexibility index (Phi) is 8.31. The topological polar surface area (TPSA) is 160 Å². The number of aromatic nitrogens is 2. The van der Waals surface area contributed by atoms with Gasteiger partial charge in [-0.3, -0.25) is 14.5 Å². The number of anilines is 1. The summed E-state index contributed by atoms with van der Waals surface area (Å²) in [6.07, 6.45) is 3.35. The summed E-state index contributed by atoms with van der Waals surface area (Å²) in [5, 5.41) is 19.1. The third-order valence-electron chi connectivity index (χ3n) is 4.56. The van der Waals surface area contributed by atoms with Crippen LogP contribution in [0, 0.1) is 0 Å².